The topological polar surface area (TPSA) is 26.7 Å². The molecule has 2 heterocycles. The van der Waals surface area contributed by atoms with Crippen LogP contribution in [0.3, 0.4) is 0 Å². The smallest absolute Gasteiger partial charge is 0.0679 e. The summed E-state index contributed by atoms with van der Waals surface area (Å²) in [5, 5.41) is 9.37. The van der Waals surface area contributed by atoms with Gasteiger partial charge in [-0.2, -0.15) is 0 Å². The fraction of sp³-hybridized carbons (Fsp3) is 1.00. The first-order valence-electron chi connectivity index (χ1n) is 5.33. The summed E-state index contributed by atoms with van der Waals surface area (Å²) in [7, 11) is 2.19. The van der Waals surface area contributed by atoms with Crippen molar-refractivity contribution in [3.05, 3.63) is 0 Å². The molecule has 0 aromatic rings. The second kappa shape index (κ2) is 3.95. The average molecular weight is 184 g/mol. The molecule has 0 saturated carbocycles. The van der Waals surface area contributed by atoms with Gasteiger partial charge in [0.25, 0.3) is 0 Å². The Kier molecular flexibility index (Phi) is 2.86. The summed E-state index contributed by atoms with van der Waals surface area (Å²) < 4.78 is 0. The normalized spacial score (nSPS) is 37.4. The Balaban J connectivity index is 1.72. The van der Waals surface area contributed by atoms with Gasteiger partial charge >= 0.3 is 0 Å². The van der Waals surface area contributed by atoms with Crippen LogP contribution in [0.15, 0.2) is 0 Å². The third-order valence-electron chi connectivity index (χ3n) is 3.25. The quantitative estimate of drug-likeness (QED) is 0.654. The van der Waals surface area contributed by atoms with E-state index in [0.29, 0.717) is 0 Å². The van der Waals surface area contributed by atoms with Crippen molar-refractivity contribution >= 4 is 0 Å². The highest BCUT2D eigenvalue weighted by atomic mass is 16.3. The molecule has 0 bridgehead atoms. The van der Waals surface area contributed by atoms with Crippen LogP contribution in [0.5, 0.6) is 0 Å². The molecule has 0 spiro atoms. The lowest BCUT2D eigenvalue weighted by atomic mass is 10.1. The van der Waals surface area contributed by atoms with Crippen LogP contribution in [0.1, 0.15) is 12.8 Å². The number of hydrogen-bond donors (Lipinski definition) is 1. The summed E-state index contributed by atoms with van der Waals surface area (Å²) in [6.45, 7) is 5.69. The van der Waals surface area contributed by atoms with Crippen LogP contribution in [0, 0.1) is 5.92 Å². The van der Waals surface area contributed by atoms with Crippen molar-refractivity contribution in [2.45, 2.75) is 18.9 Å². The Morgan fingerprint density at radius 1 is 1.23 bits per heavy atom. The van der Waals surface area contributed by atoms with Gasteiger partial charge in [0.15, 0.2) is 0 Å². The van der Waals surface area contributed by atoms with Gasteiger partial charge < -0.3 is 14.9 Å². The predicted molar refractivity (Wildman–Crippen MR) is 52.7 cm³/mol. The van der Waals surface area contributed by atoms with Gasteiger partial charge in [-0.15, -0.1) is 0 Å². The highest BCUT2D eigenvalue weighted by Crippen LogP contribution is 2.18. The molecular weight excluding hydrogens is 164 g/mol. The molecule has 2 aliphatic heterocycles. The molecular formula is C10H20N2O. The van der Waals surface area contributed by atoms with Gasteiger partial charge in [-0.3, -0.25) is 0 Å². The van der Waals surface area contributed by atoms with E-state index in [9.17, 15) is 5.11 Å². The first-order chi connectivity index (χ1) is 6.24. The lowest BCUT2D eigenvalue weighted by Crippen LogP contribution is -2.29. The minimum Gasteiger partial charge on any atom is -0.392 e. The van der Waals surface area contributed by atoms with Gasteiger partial charge in [-0.1, -0.05) is 0 Å². The van der Waals surface area contributed by atoms with Crippen molar-refractivity contribution in [1.29, 1.82) is 0 Å². The second-order valence-electron chi connectivity index (χ2n) is 4.62. The van der Waals surface area contributed by atoms with Crippen LogP contribution < -0.4 is 0 Å². The summed E-state index contributed by atoms with van der Waals surface area (Å²) in [6.07, 6.45) is 2.25. The third kappa shape index (κ3) is 2.42. The van der Waals surface area contributed by atoms with Crippen LogP contribution in [-0.2, 0) is 0 Å². The number of aliphatic hydroxyl groups excluding tert-OH is 1. The Morgan fingerprint density at radius 3 is 2.62 bits per heavy atom. The number of hydrogen-bond acceptors (Lipinski definition) is 3. The van der Waals surface area contributed by atoms with Gasteiger partial charge in [0.2, 0.25) is 0 Å². The van der Waals surface area contributed by atoms with E-state index in [2.05, 4.69) is 16.8 Å². The molecule has 1 unspecified atom stereocenters. The molecule has 2 atom stereocenters. The first kappa shape index (κ1) is 9.44. The summed E-state index contributed by atoms with van der Waals surface area (Å²) in [4.78, 5) is 4.81. The van der Waals surface area contributed by atoms with Crippen molar-refractivity contribution in [2.24, 2.45) is 5.92 Å². The second-order valence-corrected chi connectivity index (χ2v) is 4.62. The fourth-order valence-corrected chi connectivity index (χ4v) is 2.52. The molecule has 3 heteroatoms. The molecule has 0 aromatic carbocycles. The van der Waals surface area contributed by atoms with E-state index < -0.39 is 0 Å². The summed E-state index contributed by atoms with van der Waals surface area (Å²) >= 11 is 0. The molecule has 13 heavy (non-hydrogen) atoms. The Bertz CT molecular complexity index is 156. The summed E-state index contributed by atoms with van der Waals surface area (Å²) in [5.41, 5.74) is 0. The predicted octanol–water partition coefficient (Wildman–Crippen LogP) is 0.00470. The monoisotopic (exact) mass is 184 g/mol. The van der Waals surface area contributed by atoms with E-state index in [-0.39, 0.29) is 6.10 Å². The molecule has 2 rings (SSSR count). The van der Waals surface area contributed by atoms with Crippen molar-refractivity contribution < 1.29 is 5.11 Å². The minimum absolute atomic E-state index is 0.0564. The molecule has 2 saturated heterocycles. The maximum atomic E-state index is 9.37. The van der Waals surface area contributed by atoms with Crippen LogP contribution in [0.2, 0.25) is 0 Å². The molecule has 0 aliphatic carbocycles. The Morgan fingerprint density at radius 2 is 2.08 bits per heavy atom. The summed E-state index contributed by atoms with van der Waals surface area (Å²) in [5.74, 6) is 0.843. The Hall–Kier alpha value is -0.120. The largest absolute Gasteiger partial charge is 0.392 e. The maximum Gasteiger partial charge on any atom is 0.0679 e. The highest BCUT2D eigenvalue weighted by Gasteiger charge is 2.26. The van der Waals surface area contributed by atoms with E-state index in [0.717, 1.165) is 25.4 Å². The van der Waals surface area contributed by atoms with Crippen molar-refractivity contribution in [1.82, 2.24) is 9.80 Å². The average Bonchev–Trinajstić information content (AvgIpc) is 2.62. The zero-order chi connectivity index (χ0) is 9.26. The molecule has 0 aromatic heterocycles. The van der Waals surface area contributed by atoms with Gasteiger partial charge in [-0.25, -0.2) is 0 Å². The van der Waals surface area contributed by atoms with Crippen LogP contribution in [0.4, 0.5) is 0 Å². The van der Waals surface area contributed by atoms with Crippen LogP contribution in [0.25, 0.3) is 0 Å². The molecule has 0 radical (unpaired) electrons. The number of likely N-dealkylation sites (tertiary alicyclic amines) is 2. The van der Waals surface area contributed by atoms with Gasteiger partial charge in [0.1, 0.15) is 0 Å². The molecule has 76 valence electrons. The highest BCUT2D eigenvalue weighted by molar-refractivity contribution is 4.80. The standard InChI is InChI=1S/C10H20N2O/c1-11-4-2-9(6-11)7-12-5-3-10(13)8-12/h9-10,13H,2-8H2,1H3/t9?,10-/m1/s1. The molecule has 2 aliphatic rings. The molecule has 0 amide bonds. The van der Waals surface area contributed by atoms with Gasteiger partial charge in [0.05, 0.1) is 6.10 Å². The van der Waals surface area contributed by atoms with E-state index in [4.69, 9.17) is 0 Å². The van der Waals surface area contributed by atoms with Crippen molar-refractivity contribution in [2.75, 3.05) is 39.8 Å². The van der Waals surface area contributed by atoms with Crippen molar-refractivity contribution in [3.63, 3.8) is 0 Å². The molecule has 3 nitrogen and oxygen atoms in total. The number of rotatable bonds is 2. The zero-order valence-electron chi connectivity index (χ0n) is 8.45. The lowest BCUT2D eigenvalue weighted by molar-refractivity contribution is 0.170. The van der Waals surface area contributed by atoms with Gasteiger partial charge in [0, 0.05) is 26.2 Å². The van der Waals surface area contributed by atoms with E-state index in [1.165, 1.54) is 26.1 Å². The van der Waals surface area contributed by atoms with E-state index in [1.54, 1.807) is 0 Å². The maximum absolute atomic E-state index is 9.37. The summed E-state index contributed by atoms with van der Waals surface area (Å²) in [6, 6.07) is 0. The van der Waals surface area contributed by atoms with E-state index >= 15 is 0 Å². The minimum atomic E-state index is -0.0564. The van der Waals surface area contributed by atoms with Crippen LogP contribution in [-0.4, -0.2) is 60.8 Å². The lowest BCUT2D eigenvalue weighted by Gasteiger charge is -2.19. The van der Waals surface area contributed by atoms with E-state index in [1.807, 2.05) is 0 Å². The molecule has 1 N–H and O–H groups in total. The van der Waals surface area contributed by atoms with Crippen LogP contribution >= 0.6 is 0 Å². The fourth-order valence-electron chi connectivity index (χ4n) is 2.52. The third-order valence-corrected chi connectivity index (χ3v) is 3.25. The number of β-amino-alcohol motifs (C(OH)–C–C–N with tert-alkyl or cyclic N) is 1. The van der Waals surface area contributed by atoms with Crippen molar-refractivity contribution in [3.8, 4) is 0 Å². The SMILES string of the molecule is CN1CCC(CN2CC[C@@H](O)C2)C1. The number of nitrogens with zero attached hydrogens (tertiary/aromatic N) is 2. The van der Waals surface area contributed by atoms with Gasteiger partial charge in [-0.05, 0) is 32.4 Å². The Labute approximate surface area is 80.3 Å². The zero-order valence-corrected chi connectivity index (χ0v) is 8.45. The number of aliphatic hydroxyl groups is 1. The first-order valence-corrected chi connectivity index (χ1v) is 5.33. The molecule has 2 fully saturated rings.